The molecule has 0 radical (unpaired) electrons. The van der Waals surface area contributed by atoms with Gasteiger partial charge in [-0.05, 0) is 45.9 Å². The molecule has 0 aliphatic heterocycles. The molecule has 0 aliphatic rings. The maximum atomic E-state index is 4.51. The van der Waals surface area contributed by atoms with Crippen LogP contribution in [-0.2, 0) is 0 Å². The predicted octanol–water partition coefficient (Wildman–Crippen LogP) is 4.33. The van der Waals surface area contributed by atoms with Crippen LogP contribution in [0.3, 0.4) is 0 Å². The number of aromatic nitrogens is 3. The van der Waals surface area contributed by atoms with Crippen molar-refractivity contribution < 1.29 is 0 Å². The van der Waals surface area contributed by atoms with Gasteiger partial charge in [-0.2, -0.15) is 5.10 Å². The van der Waals surface area contributed by atoms with E-state index in [1.54, 1.807) is 22.7 Å². The molecule has 1 N–H and O–H groups in total. The molecule has 0 saturated heterocycles. The Balaban J connectivity index is 2.00. The van der Waals surface area contributed by atoms with E-state index >= 15 is 0 Å². The van der Waals surface area contributed by atoms with Crippen LogP contribution < -0.4 is 0 Å². The zero-order chi connectivity index (χ0) is 11.8. The first-order valence-electron chi connectivity index (χ1n) is 4.96. The molecule has 0 fully saturated rings. The molecule has 0 saturated carbocycles. The summed E-state index contributed by atoms with van der Waals surface area (Å²) in [5, 5.41) is 9.26. The van der Waals surface area contributed by atoms with Gasteiger partial charge in [0.15, 0.2) is 11.6 Å². The molecular formula is C11H8BrN3S2. The van der Waals surface area contributed by atoms with Crippen LogP contribution in [0.4, 0.5) is 0 Å². The fourth-order valence-electron chi connectivity index (χ4n) is 1.47. The van der Waals surface area contributed by atoms with Crippen molar-refractivity contribution in [3.05, 3.63) is 32.9 Å². The van der Waals surface area contributed by atoms with Gasteiger partial charge in [0.05, 0.1) is 13.5 Å². The van der Waals surface area contributed by atoms with E-state index in [0.717, 1.165) is 25.2 Å². The average Bonchev–Trinajstić information content (AvgIpc) is 3.00. The molecule has 3 rings (SSSR count). The summed E-state index contributed by atoms with van der Waals surface area (Å²) in [6, 6.07) is 6.13. The summed E-state index contributed by atoms with van der Waals surface area (Å²) in [5.74, 6) is 1.59. The van der Waals surface area contributed by atoms with Crippen molar-refractivity contribution in [2.75, 3.05) is 0 Å². The number of H-pyrrole nitrogens is 1. The van der Waals surface area contributed by atoms with Gasteiger partial charge in [0.25, 0.3) is 0 Å². The first-order chi connectivity index (χ1) is 8.24. The lowest BCUT2D eigenvalue weighted by atomic mass is 10.3. The summed E-state index contributed by atoms with van der Waals surface area (Å²) >= 11 is 6.82. The Kier molecular flexibility index (Phi) is 2.85. The third-order valence-electron chi connectivity index (χ3n) is 2.32. The SMILES string of the molecule is Cc1cc(-c2n[nH]c(-c3cccs3)n2)sc1Br. The Labute approximate surface area is 115 Å². The summed E-state index contributed by atoms with van der Waals surface area (Å²) in [6.07, 6.45) is 0. The lowest BCUT2D eigenvalue weighted by Crippen LogP contribution is -1.74. The number of nitrogens with zero attached hydrogens (tertiary/aromatic N) is 2. The third kappa shape index (κ3) is 2.08. The largest absolute Gasteiger partial charge is 0.258 e. The van der Waals surface area contributed by atoms with E-state index in [4.69, 9.17) is 0 Å². The van der Waals surface area contributed by atoms with Crippen LogP contribution in [0.25, 0.3) is 21.4 Å². The third-order valence-corrected chi connectivity index (χ3v) is 5.33. The van der Waals surface area contributed by atoms with Crippen LogP contribution >= 0.6 is 38.6 Å². The van der Waals surface area contributed by atoms with Crippen LogP contribution in [0.1, 0.15) is 5.56 Å². The number of rotatable bonds is 2. The van der Waals surface area contributed by atoms with Crippen molar-refractivity contribution in [3.8, 4) is 21.4 Å². The average molecular weight is 326 g/mol. The normalized spacial score (nSPS) is 10.9. The van der Waals surface area contributed by atoms with E-state index in [-0.39, 0.29) is 0 Å². The maximum absolute atomic E-state index is 4.51. The van der Waals surface area contributed by atoms with Gasteiger partial charge < -0.3 is 0 Å². The highest BCUT2D eigenvalue weighted by Crippen LogP contribution is 2.33. The molecule has 0 spiro atoms. The van der Waals surface area contributed by atoms with Gasteiger partial charge in [-0.1, -0.05) is 6.07 Å². The van der Waals surface area contributed by atoms with Crippen molar-refractivity contribution in [2.24, 2.45) is 0 Å². The maximum Gasteiger partial charge on any atom is 0.191 e. The zero-order valence-electron chi connectivity index (χ0n) is 8.90. The number of hydrogen-bond donors (Lipinski definition) is 1. The monoisotopic (exact) mass is 325 g/mol. The van der Waals surface area contributed by atoms with Crippen molar-refractivity contribution in [2.45, 2.75) is 6.92 Å². The van der Waals surface area contributed by atoms with E-state index in [1.807, 2.05) is 17.5 Å². The van der Waals surface area contributed by atoms with Crippen molar-refractivity contribution in [1.82, 2.24) is 15.2 Å². The Bertz CT molecular complexity index is 620. The minimum atomic E-state index is 0.757. The van der Waals surface area contributed by atoms with Crippen LogP contribution in [0, 0.1) is 6.92 Å². The van der Waals surface area contributed by atoms with E-state index in [2.05, 4.69) is 44.1 Å². The van der Waals surface area contributed by atoms with Gasteiger partial charge in [0, 0.05) is 0 Å². The fraction of sp³-hybridized carbons (Fsp3) is 0.0909. The standard InChI is InChI=1S/C11H8BrN3S2/c1-6-5-8(17-9(6)12)11-13-10(14-15-11)7-3-2-4-16-7/h2-5H,1H3,(H,13,14,15). The highest BCUT2D eigenvalue weighted by Gasteiger charge is 2.11. The van der Waals surface area contributed by atoms with E-state index in [1.165, 1.54) is 5.56 Å². The molecule has 3 aromatic heterocycles. The van der Waals surface area contributed by atoms with Crippen molar-refractivity contribution in [3.63, 3.8) is 0 Å². The smallest absolute Gasteiger partial charge is 0.191 e. The van der Waals surface area contributed by atoms with E-state index in [9.17, 15) is 0 Å². The molecule has 3 aromatic rings. The number of halogens is 1. The molecule has 0 atom stereocenters. The van der Waals surface area contributed by atoms with Gasteiger partial charge in [-0.15, -0.1) is 22.7 Å². The second-order valence-corrected chi connectivity index (χ2v) is 6.87. The quantitative estimate of drug-likeness (QED) is 0.761. The lowest BCUT2D eigenvalue weighted by molar-refractivity contribution is 1.10. The topological polar surface area (TPSA) is 41.6 Å². The van der Waals surface area contributed by atoms with Crippen LogP contribution in [0.15, 0.2) is 27.4 Å². The summed E-state index contributed by atoms with van der Waals surface area (Å²) in [6.45, 7) is 2.07. The molecule has 0 amide bonds. The molecule has 3 nitrogen and oxygen atoms in total. The molecule has 3 heterocycles. The first kappa shape index (κ1) is 11.1. The molecule has 0 aliphatic carbocycles. The zero-order valence-corrected chi connectivity index (χ0v) is 12.1. The van der Waals surface area contributed by atoms with Gasteiger partial charge >= 0.3 is 0 Å². The number of hydrogen-bond acceptors (Lipinski definition) is 4. The van der Waals surface area contributed by atoms with Gasteiger partial charge in [0.2, 0.25) is 0 Å². The summed E-state index contributed by atoms with van der Waals surface area (Å²) in [7, 11) is 0. The molecule has 0 bridgehead atoms. The van der Waals surface area contributed by atoms with E-state index in [0.29, 0.717) is 0 Å². The number of aryl methyl sites for hydroxylation is 1. The summed E-state index contributed by atoms with van der Waals surface area (Å²) < 4.78 is 1.13. The van der Waals surface area contributed by atoms with Gasteiger partial charge in [0.1, 0.15) is 0 Å². The van der Waals surface area contributed by atoms with Gasteiger partial charge in [-0.3, -0.25) is 5.10 Å². The van der Waals surface area contributed by atoms with Gasteiger partial charge in [-0.25, -0.2) is 4.98 Å². The predicted molar refractivity (Wildman–Crippen MR) is 75.4 cm³/mol. The van der Waals surface area contributed by atoms with Crippen molar-refractivity contribution >= 4 is 38.6 Å². The highest BCUT2D eigenvalue weighted by atomic mass is 79.9. The molecule has 0 aromatic carbocycles. The van der Waals surface area contributed by atoms with Crippen molar-refractivity contribution in [1.29, 1.82) is 0 Å². The molecule has 86 valence electrons. The lowest BCUT2D eigenvalue weighted by Gasteiger charge is -1.86. The first-order valence-corrected chi connectivity index (χ1v) is 7.45. The Hall–Kier alpha value is -0.980. The Morgan fingerprint density at radius 3 is 2.88 bits per heavy atom. The molecular weight excluding hydrogens is 318 g/mol. The Morgan fingerprint density at radius 1 is 1.35 bits per heavy atom. The second-order valence-electron chi connectivity index (χ2n) is 3.55. The number of aromatic amines is 1. The van der Waals surface area contributed by atoms with E-state index < -0.39 is 0 Å². The second kappa shape index (κ2) is 4.36. The Morgan fingerprint density at radius 2 is 2.24 bits per heavy atom. The minimum absolute atomic E-state index is 0.757. The fourth-order valence-corrected chi connectivity index (χ4v) is 3.60. The summed E-state index contributed by atoms with van der Waals surface area (Å²) in [4.78, 5) is 6.70. The molecule has 6 heteroatoms. The summed E-state index contributed by atoms with van der Waals surface area (Å²) in [5.41, 5.74) is 1.22. The van der Waals surface area contributed by atoms with Crippen LogP contribution in [-0.4, -0.2) is 15.2 Å². The van der Waals surface area contributed by atoms with Crippen LogP contribution in [0.5, 0.6) is 0 Å². The minimum Gasteiger partial charge on any atom is -0.258 e. The molecule has 17 heavy (non-hydrogen) atoms. The molecule has 0 unspecified atom stereocenters. The van der Waals surface area contributed by atoms with Crippen LogP contribution in [0.2, 0.25) is 0 Å². The highest BCUT2D eigenvalue weighted by molar-refractivity contribution is 9.11. The number of nitrogens with one attached hydrogen (secondary N) is 1. The number of thiophene rings is 2.